The molecule has 0 spiro atoms. The lowest BCUT2D eigenvalue weighted by Crippen LogP contribution is -2.31. The van der Waals surface area contributed by atoms with Gasteiger partial charge in [0.05, 0.1) is 13.2 Å². The van der Waals surface area contributed by atoms with Gasteiger partial charge in [0.15, 0.2) is 0 Å². The minimum Gasteiger partial charge on any atom is -0.496 e. The van der Waals surface area contributed by atoms with Crippen LogP contribution >= 0.6 is 0 Å². The summed E-state index contributed by atoms with van der Waals surface area (Å²) >= 11 is 0. The van der Waals surface area contributed by atoms with Gasteiger partial charge in [0.25, 0.3) is 0 Å². The van der Waals surface area contributed by atoms with Crippen molar-refractivity contribution < 1.29 is 9.84 Å². The first kappa shape index (κ1) is 15.8. The molecule has 3 nitrogen and oxygen atoms in total. The van der Waals surface area contributed by atoms with E-state index < -0.39 is 6.10 Å². The summed E-state index contributed by atoms with van der Waals surface area (Å²) in [6, 6.07) is 6.33. The standard InChI is InChI=1S/C16H27NO2/c1-11(2)10-12(3)17(5)14-8-7-9-15(19-6)16(14)13(4)18/h7-9,11-13,18H,10H2,1-6H3. The van der Waals surface area contributed by atoms with Crippen molar-refractivity contribution in [3.8, 4) is 5.75 Å². The van der Waals surface area contributed by atoms with Crippen molar-refractivity contribution in [1.82, 2.24) is 0 Å². The van der Waals surface area contributed by atoms with Crippen LogP contribution in [0.5, 0.6) is 5.75 Å². The van der Waals surface area contributed by atoms with Gasteiger partial charge in [0, 0.05) is 24.3 Å². The number of ether oxygens (including phenoxy) is 1. The van der Waals surface area contributed by atoms with Crippen LogP contribution in [0.25, 0.3) is 0 Å². The Morgan fingerprint density at radius 2 is 1.84 bits per heavy atom. The highest BCUT2D eigenvalue weighted by Crippen LogP contribution is 2.35. The molecule has 0 fully saturated rings. The molecule has 1 aromatic carbocycles. The number of anilines is 1. The molecule has 0 aromatic heterocycles. The number of rotatable bonds is 6. The average molecular weight is 265 g/mol. The number of nitrogens with zero attached hydrogens (tertiary/aromatic N) is 1. The van der Waals surface area contributed by atoms with Gasteiger partial charge >= 0.3 is 0 Å². The summed E-state index contributed by atoms with van der Waals surface area (Å²) in [6.07, 6.45) is 0.576. The van der Waals surface area contributed by atoms with E-state index in [9.17, 15) is 5.11 Å². The van der Waals surface area contributed by atoms with Crippen molar-refractivity contribution in [3.63, 3.8) is 0 Å². The van der Waals surface area contributed by atoms with Crippen LogP contribution in [0.1, 0.15) is 45.8 Å². The van der Waals surface area contributed by atoms with Gasteiger partial charge in [-0.05, 0) is 38.3 Å². The van der Waals surface area contributed by atoms with Crippen LogP contribution in [0.3, 0.4) is 0 Å². The molecule has 3 heteroatoms. The predicted octanol–water partition coefficient (Wildman–Crippen LogP) is 3.62. The van der Waals surface area contributed by atoms with E-state index in [-0.39, 0.29) is 0 Å². The van der Waals surface area contributed by atoms with E-state index >= 15 is 0 Å². The zero-order valence-corrected chi connectivity index (χ0v) is 13.0. The Balaban J connectivity index is 3.11. The Hall–Kier alpha value is -1.22. The molecule has 1 aromatic rings. The van der Waals surface area contributed by atoms with E-state index in [1.165, 1.54) is 0 Å². The Morgan fingerprint density at radius 3 is 2.32 bits per heavy atom. The molecule has 19 heavy (non-hydrogen) atoms. The summed E-state index contributed by atoms with van der Waals surface area (Å²) in [4.78, 5) is 2.23. The molecule has 0 aliphatic heterocycles. The second-order valence-electron chi connectivity index (χ2n) is 5.66. The molecule has 0 saturated carbocycles. The smallest absolute Gasteiger partial charge is 0.126 e. The Bertz CT molecular complexity index is 402. The largest absolute Gasteiger partial charge is 0.496 e. The van der Waals surface area contributed by atoms with Crippen molar-refractivity contribution in [2.45, 2.75) is 46.3 Å². The predicted molar refractivity (Wildman–Crippen MR) is 80.9 cm³/mol. The fourth-order valence-corrected chi connectivity index (χ4v) is 2.52. The number of aliphatic hydroxyl groups excluding tert-OH is 1. The quantitative estimate of drug-likeness (QED) is 0.852. The van der Waals surface area contributed by atoms with Gasteiger partial charge < -0.3 is 14.7 Å². The second-order valence-corrected chi connectivity index (χ2v) is 5.66. The van der Waals surface area contributed by atoms with Crippen LogP contribution in [0, 0.1) is 5.92 Å². The van der Waals surface area contributed by atoms with Crippen molar-refractivity contribution in [1.29, 1.82) is 0 Å². The molecule has 0 aliphatic carbocycles. The highest BCUT2D eigenvalue weighted by molar-refractivity contribution is 5.60. The number of benzene rings is 1. The maximum Gasteiger partial charge on any atom is 0.126 e. The molecule has 2 atom stereocenters. The summed E-state index contributed by atoms with van der Waals surface area (Å²) < 4.78 is 5.37. The van der Waals surface area contributed by atoms with Gasteiger partial charge in [-0.15, -0.1) is 0 Å². The van der Waals surface area contributed by atoms with E-state index in [1.807, 2.05) is 18.2 Å². The molecule has 0 radical (unpaired) electrons. The molecule has 0 amide bonds. The summed E-state index contributed by atoms with van der Waals surface area (Å²) in [7, 11) is 3.72. The van der Waals surface area contributed by atoms with Gasteiger partial charge in [-0.2, -0.15) is 0 Å². The molecular weight excluding hydrogens is 238 g/mol. The number of aliphatic hydroxyl groups is 1. The Morgan fingerprint density at radius 1 is 1.21 bits per heavy atom. The fourth-order valence-electron chi connectivity index (χ4n) is 2.52. The van der Waals surface area contributed by atoms with Crippen LogP contribution < -0.4 is 9.64 Å². The van der Waals surface area contributed by atoms with Crippen LogP contribution in [-0.2, 0) is 0 Å². The van der Waals surface area contributed by atoms with Crippen molar-refractivity contribution in [2.75, 3.05) is 19.1 Å². The molecule has 1 rings (SSSR count). The lowest BCUT2D eigenvalue weighted by Gasteiger charge is -2.31. The van der Waals surface area contributed by atoms with Crippen LogP contribution in [0.4, 0.5) is 5.69 Å². The zero-order valence-electron chi connectivity index (χ0n) is 13.0. The topological polar surface area (TPSA) is 32.7 Å². The van der Waals surface area contributed by atoms with Gasteiger partial charge in [-0.3, -0.25) is 0 Å². The van der Waals surface area contributed by atoms with Gasteiger partial charge in [-0.25, -0.2) is 0 Å². The van der Waals surface area contributed by atoms with E-state index in [0.717, 1.165) is 23.4 Å². The van der Waals surface area contributed by atoms with Crippen LogP contribution in [-0.4, -0.2) is 25.3 Å². The zero-order chi connectivity index (χ0) is 14.6. The summed E-state index contributed by atoms with van der Waals surface area (Å²) in [6.45, 7) is 8.45. The first-order valence-corrected chi connectivity index (χ1v) is 6.96. The number of hydrogen-bond donors (Lipinski definition) is 1. The second kappa shape index (κ2) is 6.80. The van der Waals surface area contributed by atoms with Crippen molar-refractivity contribution in [3.05, 3.63) is 23.8 Å². The van der Waals surface area contributed by atoms with E-state index in [1.54, 1.807) is 14.0 Å². The third-order valence-electron chi connectivity index (χ3n) is 3.53. The third-order valence-corrected chi connectivity index (χ3v) is 3.53. The molecule has 0 saturated heterocycles. The highest BCUT2D eigenvalue weighted by Gasteiger charge is 2.20. The monoisotopic (exact) mass is 265 g/mol. The van der Waals surface area contributed by atoms with Crippen molar-refractivity contribution in [2.24, 2.45) is 5.92 Å². The van der Waals surface area contributed by atoms with Gasteiger partial charge in [0.1, 0.15) is 5.75 Å². The molecule has 108 valence electrons. The lowest BCUT2D eigenvalue weighted by atomic mass is 10.0. The van der Waals surface area contributed by atoms with Crippen molar-refractivity contribution >= 4 is 5.69 Å². The maximum absolute atomic E-state index is 10.0. The normalized spacial score (nSPS) is 14.3. The lowest BCUT2D eigenvalue weighted by molar-refractivity contribution is 0.194. The minimum absolute atomic E-state index is 0.421. The molecule has 0 heterocycles. The molecule has 1 N–H and O–H groups in total. The van der Waals surface area contributed by atoms with Crippen LogP contribution in [0.15, 0.2) is 18.2 Å². The minimum atomic E-state index is -0.542. The summed E-state index contributed by atoms with van der Waals surface area (Å²) in [5, 5.41) is 10.0. The average Bonchev–Trinajstić information content (AvgIpc) is 2.35. The summed E-state index contributed by atoms with van der Waals surface area (Å²) in [5.74, 6) is 1.40. The van der Waals surface area contributed by atoms with Gasteiger partial charge in [-0.1, -0.05) is 19.9 Å². The fraction of sp³-hybridized carbons (Fsp3) is 0.625. The van der Waals surface area contributed by atoms with E-state index in [0.29, 0.717) is 12.0 Å². The number of hydrogen-bond acceptors (Lipinski definition) is 3. The maximum atomic E-state index is 10.0. The first-order valence-electron chi connectivity index (χ1n) is 6.96. The van der Waals surface area contributed by atoms with Gasteiger partial charge in [0.2, 0.25) is 0 Å². The molecular formula is C16H27NO2. The van der Waals surface area contributed by atoms with Crippen LogP contribution in [0.2, 0.25) is 0 Å². The number of methoxy groups -OCH3 is 1. The van der Waals surface area contributed by atoms with E-state index in [2.05, 4.69) is 32.7 Å². The third kappa shape index (κ3) is 3.87. The van der Waals surface area contributed by atoms with E-state index in [4.69, 9.17) is 4.74 Å². The SMILES string of the molecule is COc1cccc(N(C)C(C)CC(C)C)c1C(C)O. The highest BCUT2D eigenvalue weighted by atomic mass is 16.5. The Labute approximate surface area is 117 Å². The molecule has 2 unspecified atom stereocenters. The molecule has 0 aliphatic rings. The summed E-state index contributed by atoms with van der Waals surface area (Å²) in [5.41, 5.74) is 1.91. The Kier molecular flexibility index (Phi) is 5.67. The molecule has 0 bridgehead atoms. The first-order chi connectivity index (χ1) is 8.88.